The summed E-state index contributed by atoms with van der Waals surface area (Å²) in [6.45, 7) is 4.20. The van der Waals surface area contributed by atoms with Gasteiger partial charge in [-0.3, -0.25) is 4.79 Å². The second kappa shape index (κ2) is 7.51. The molecular formula is C17H20F3N3O. The molecule has 1 aromatic carbocycles. The van der Waals surface area contributed by atoms with E-state index in [0.29, 0.717) is 6.54 Å². The Labute approximate surface area is 138 Å². The fourth-order valence-electron chi connectivity index (χ4n) is 2.34. The second-order valence-corrected chi connectivity index (χ2v) is 5.61. The van der Waals surface area contributed by atoms with Gasteiger partial charge in [0.25, 0.3) is 5.91 Å². The van der Waals surface area contributed by atoms with Crippen molar-refractivity contribution in [3.8, 4) is 5.69 Å². The summed E-state index contributed by atoms with van der Waals surface area (Å²) in [6, 6.07) is 6.48. The molecule has 0 aliphatic carbocycles. The maximum absolute atomic E-state index is 13.5. The highest BCUT2D eigenvalue weighted by molar-refractivity contribution is 5.95. The van der Waals surface area contributed by atoms with Gasteiger partial charge in [-0.1, -0.05) is 37.5 Å². The van der Waals surface area contributed by atoms with Crippen LogP contribution in [0.15, 0.2) is 30.5 Å². The molecule has 0 saturated heterocycles. The Morgan fingerprint density at radius 3 is 2.46 bits per heavy atom. The lowest BCUT2D eigenvalue weighted by molar-refractivity contribution is -0.143. The molecule has 0 saturated carbocycles. The molecule has 0 unspecified atom stereocenters. The number of alkyl halides is 3. The van der Waals surface area contributed by atoms with Crippen LogP contribution in [0.25, 0.3) is 5.69 Å². The molecule has 0 bridgehead atoms. The summed E-state index contributed by atoms with van der Waals surface area (Å²) in [7, 11) is 0. The number of unbranched alkanes of at least 4 members (excludes halogenated alkanes) is 2. The standard InChI is InChI=1S/C17H20F3N3O/c1-3-4-5-10-21-16(24)14-11-22-23(15(14)17(18,19)20)13-8-6-12(2)7-9-13/h6-9,11H,3-5,10H2,1-2H3,(H,21,24). The lowest BCUT2D eigenvalue weighted by Gasteiger charge is -2.13. The van der Waals surface area contributed by atoms with Crippen molar-refractivity contribution in [2.45, 2.75) is 39.3 Å². The van der Waals surface area contributed by atoms with Crippen LogP contribution in [0.1, 0.15) is 47.8 Å². The number of amides is 1. The molecule has 0 aliphatic rings. The zero-order valence-electron chi connectivity index (χ0n) is 13.7. The Balaban J connectivity index is 2.33. The molecule has 1 amide bonds. The average Bonchev–Trinajstić information content (AvgIpc) is 2.97. The summed E-state index contributed by atoms with van der Waals surface area (Å²) in [5.41, 5.74) is -0.328. The van der Waals surface area contributed by atoms with Crippen molar-refractivity contribution in [2.24, 2.45) is 0 Å². The predicted octanol–water partition coefficient (Wildman–Crippen LogP) is 4.12. The van der Waals surface area contributed by atoms with Crippen molar-refractivity contribution in [1.82, 2.24) is 15.1 Å². The van der Waals surface area contributed by atoms with Gasteiger partial charge in [0.2, 0.25) is 0 Å². The first-order valence-electron chi connectivity index (χ1n) is 7.85. The zero-order chi connectivity index (χ0) is 17.7. The molecule has 0 atom stereocenters. The Morgan fingerprint density at radius 1 is 1.21 bits per heavy atom. The van der Waals surface area contributed by atoms with Crippen LogP contribution < -0.4 is 5.32 Å². The van der Waals surface area contributed by atoms with Crippen molar-refractivity contribution in [3.63, 3.8) is 0 Å². The third-order valence-corrected chi connectivity index (χ3v) is 3.63. The molecular weight excluding hydrogens is 319 g/mol. The SMILES string of the molecule is CCCCCNC(=O)c1cnn(-c2ccc(C)cc2)c1C(F)(F)F. The number of carbonyl (C=O) groups excluding carboxylic acids is 1. The number of hydrogen-bond donors (Lipinski definition) is 1. The van der Waals surface area contributed by atoms with Gasteiger partial charge >= 0.3 is 6.18 Å². The van der Waals surface area contributed by atoms with E-state index in [1.54, 1.807) is 24.3 Å². The highest BCUT2D eigenvalue weighted by atomic mass is 19.4. The summed E-state index contributed by atoms with van der Waals surface area (Å²) >= 11 is 0. The van der Waals surface area contributed by atoms with Crippen molar-refractivity contribution in [1.29, 1.82) is 0 Å². The monoisotopic (exact) mass is 339 g/mol. The number of nitrogens with one attached hydrogen (secondary N) is 1. The molecule has 0 radical (unpaired) electrons. The van der Waals surface area contributed by atoms with Gasteiger partial charge in [0, 0.05) is 6.54 Å². The molecule has 1 heterocycles. The first kappa shape index (κ1) is 18.0. The summed E-state index contributed by atoms with van der Waals surface area (Å²) in [6.07, 6.45) is -1.10. The number of hydrogen-bond acceptors (Lipinski definition) is 2. The normalized spacial score (nSPS) is 11.5. The van der Waals surface area contributed by atoms with Gasteiger partial charge < -0.3 is 5.32 Å². The number of nitrogens with zero attached hydrogens (tertiary/aromatic N) is 2. The molecule has 2 aromatic rings. The molecule has 1 aromatic heterocycles. The summed E-state index contributed by atoms with van der Waals surface area (Å²) < 4.78 is 41.2. The number of benzene rings is 1. The van der Waals surface area contributed by atoms with Crippen LogP contribution in [0.4, 0.5) is 13.2 Å². The molecule has 130 valence electrons. The minimum Gasteiger partial charge on any atom is -0.352 e. The average molecular weight is 339 g/mol. The van der Waals surface area contributed by atoms with Gasteiger partial charge in [0.05, 0.1) is 17.4 Å². The van der Waals surface area contributed by atoms with E-state index in [9.17, 15) is 18.0 Å². The minimum absolute atomic E-state index is 0.262. The highest BCUT2D eigenvalue weighted by Gasteiger charge is 2.40. The molecule has 7 heteroatoms. The van der Waals surface area contributed by atoms with Crippen LogP contribution in [0.5, 0.6) is 0 Å². The predicted molar refractivity (Wildman–Crippen MR) is 85.2 cm³/mol. The van der Waals surface area contributed by atoms with Crippen molar-refractivity contribution < 1.29 is 18.0 Å². The Kier molecular flexibility index (Phi) is 5.64. The van der Waals surface area contributed by atoms with E-state index < -0.39 is 23.3 Å². The van der Waals surface area contributed by atoms with E-state index in [0.717, 1.165) is 35.7 Å². The van der Waals surface area contributed by atoms with Gasteiger partial charge in [0.15, 0.2) is 5.69 Å². The van der Waals surface area contributed by atoms with Crippen LogP contribution in [-0.2, 0) is 6.18 Å². The lowest BCUT2D eigenvalue weighted by atomic mass is 10.2. The van der Waals surface area contributed by atoms with E-state index in [4.69, 9.17) is 0 Å². The minimum atomic E-state index is -4.68. The Morgan fingerprint density at radius 2 is 1.88 bits per heavy atom. The zero-order valence-corrected chi connectivity index (χ0v) is 13.7. The molecule has 0 aliphatic heterocycles. The van der Waals surface area contributed by atoms with Gasteiger partial charge in [0.1, 0.15) is 0 Å². The van der Waals surface area contributed by atoms with Crippen LogP contribution >= 0.6 is 0 Å². The fourth-order valence-corrected chi connectivity index (χ4v) is 2.34. The van der Waals surface area contributed by atoms with Crippen molar-refractivity contribution in [2.75, 3.05) is 6.54 Å². The van der Waals surface area contributed by atoms with Crippen LogP contribution in [0.2, 0.25) is 0 Å². The number of aryl methyl sites for hydroxylation is 1. The summed E-state index contributed by atoms with van der Waals surface area (Å²) in [4.78, 5) is 12.1. The van der Waals surface area contributed by atoms with Gasteiger partial charge in [-0.05, 0) is 25.5 Å². The summed E-state index contributed by atoms with van der Waals surface area (Å²) in [5.74, 6) is -0.753. The topological polar surface area (TPSA) is 46.9 Å². The number of rotatable bonds is 6. The molecule has 1 N–H and O–H groups in total. The number of halogens is 3. The molecule has 0 fully saturated rings. The lowest BCUT2D eigenvalue weighted by Crippen LogP contribution is -2.27. The fraction of sp³-hybridized carbons (Fsp3) is 0.412. The summed E-state index contributed by atoms with van der Waals surface area (Å²) in [5, 5.41) is 6.31. The molecule has 4 nitrogen and oxygen atoms in total. The van der Waals surface area contributed by atoms with E-state index in [2.05, 4.69) is 10.4 Å². The second-order valence-electron chi connectivity index (χ2n) is 5.61. The number of carbonyl (C=O) groups is 1. The van der Waals surface area contributed by atoms with Gasteiger partial charge in [-0.2, -0.15) is 18.3 Å². The van der Waals surface area contributed by atoms with E-state index in [1.807, 2.05) is 13.8 Å². The highest BCUT2D eigenvalue weighted by Crippen LogP contribution is 2.33. The van der Waals surface area contributed by atoms with E-state index in [1.165, 1.54) is 0 Å². The van der Waals surface area contributed by atoms with Gasteiger partial charge in [-0.25, -0.2) is 4.68 Å². The first-order chi connectivity index (χ1) is 11.3. The van der Waals surface area contributed by atoms with E-state index >= 15 is 0 Å². The maximum Gasteiger partial charge on any atom is 0.434 e. The third-order valence-electron chi connectivity index (χ3n) is 3.63. The van der Waals surface area contributed by atoms with Crippen LogP contribution in [0, 0.1) is 6.92 Å². The first-order valence-corrected chi connectivity index (χ1v) is 7.85. The van der Waals surface area contributed by atoms with Crippen LogP contribution in [-0.4, -0.2) is 22.2 Å². The molecule has 24 heavy (non-hydrogen) atoms. The smallest absolute Gasteiger partial charge is 0.352 e. The van der Waals surface area contributed by atoms with E-state index in [-0.39, 0.29) is 5.69 Å². The Hall–Kier alpha value is -2.31. The molecule has 2 rings (SSSR count). The van der Waals surface area contributed by atoms with Gasteiger partial charge in [-0.15, -0.1) is 0 Å². The molecule has 0 spiro atoms. The largest absolute Gasteiger partial charge is 0.434 e. The quantitative estimate of drug-likeness (QED) is 0.805. The maximum atomic E-state index is 13.5. The van der Waals surface area contributed by atoms with Crippen LogP contribution in [0.3, 0.4) is 0 Å². The number of aromatic nitrogens is 2. The van der Waals surface area contributed by atoms with Crippen molar-refractivity contribution >= 4 is 5.91 Å². The third kappa shape index (κ3) is 4.15. The Bertz CT molecular complexity index is 690. The van der Waals surface area contributed by atoms with Crippen molar-refractivity contribution in [3.05, 3.63) is 47.3 Å².